The van der Waals surface area contributed by atoms with E-state index in [1.807, 2.05) is 0 Å². The molecule has 0 saturated heterocycles. The Kier molecular flexibility index (Phi) is 3.31. The fraction of sp³-hybridized carbons (Fsp3) is 0.300. The number of methoxy groups -OCH3 is 1. The summed E-state index contributed by atoms with van der Waals surface area (Å²) in [5.74, 6) is 0.429. The molecule has 70 valence electrons. The molecule has 13 heavy (non-hydrogen) atoms. The number of rotatable bonds is 3. The van der Waals surface area contributed by atoms with Crippen molar-refractivity contribution in [2.45, 2.75) is 6.92 Å². The van der Waals surface area contributed by atoms with E-state index in [4.69, 9.17) is 9.47 Å². The van der Waals surface area contributed by atoms with E-state index in [1.54, 1.807) is 38.3 Å². The van der Waals surface area contributed by atoms with Gasteiger partial charge in [-0.3, -0.25) is 0 Å². The summed E-state index contributed by atoms with van der Waals surface area (Å²) in [5, 5.41) is 0. The first-order valence-electron chi connectivity index (χ1n) is 4.09. The second kappa shape index (κ2) is 4.50. The maximum atomic E-state index is 11.2. The van der Waals surface area contributed by atoms with Crippen LogP contribution in [-0.2, 0) is 4.74 Å². The fourth-order valence-corrected chi connectivity index (χ4v) is 0.942. The molecule has 0 aromatic heterocycles. The van der Waals surface area contributed by atoms with E-state index in [9.17, 15) is 4.79 Å². The molecule has 0 bridgehead atoms. The largest absolute Gasteiger partial charge is 0.497 e. The smallest absolute Gasteiger partial charge is 0.338 e. The van der Waals surface area contributed by atoms with E-state index in [-0.39, 0.29) is 5.97 Å². The summed E-state index contributed by atoms with van der Waals surface area (Å²) in [5.41, 5.74) is 0.544. The van der Waals surface area contributed by atoms with Crippen molar-refractivity contribution in [1.29, 1.82) is 0 Å². The lowest BCUT2D eigenvalue weighted by molar-refractivity contribution is 0.0526. The summed E-state index contributed by atoms with van der Waals surface area (Å²) in [6.07, 6.45) is 0. The first-order chi connectivity index (χ1) is 6.27. The zero-order valence-electron chi connectivity index (χ0n) is 7.74. The number of carbonyl (C=O) groups excluding carboxylic acids is 1. The van der Waals surface area contributed by atoms with Crippen molar-refractivity contribution < 1.29 is 14.3 Å². The molecule has 1 aromatic carbocycles. The summed E-state index contributed by atoms with van der Waals surface area (Å²) in [4.78, 5) is 11.2. The molecule has 0 heterocycles. The van der Waals surface area contributed by atoms with Crippen LogP contribution in [0.25, 0.3) is 0 Å². The summed E-state index contributed by atoms with van der Waals surface area (Å²) in [7, 11) is 1.58. The predicted molar refractivity (Wildman–Crippen MR) is 49.0 cm³/mol. The molecule has 3 heteroatoms. The van der Waals surface area contributed by atoms with Gasteiger partial charge in [0.25, 0.3) is 0 Å². The van der Waals surface area contributed by atoms with Crippen molar-refractivity contribution in [2.75, 3.05) is 13.7 Å². The highest BCUT2D eigenvalue weighted by atomic mass is 18.1. The van der Waals surface area contributed by atoms with Crippen molar-refractivity contribution in [1.82, 2.24) is 0 Å². The number of hydrogen-bond donors (Lipinski definition) is 0. The van der Waals surface area contributed by atoms with Gasteiger partial charge in [-0.25, -0.2) is 4.79 Å². The van der Waals surface area contributed by atoms with Crippen LogP contribution in [0.4, 0.5) is 0 Å². The van der Waals surface area contributed by atoms with Crippen molar-refractivity contribution in [3.8, 4) is 5.75 Å². The summed E-state index contributed by atoms with van der Waals surface area (Å²) < 4.78 is 9.78. The Balaban J connectivity index is 2.74. The highest BCUT2D eigenvalue weighted by molar-refractivity contribution is 5.89. The minimum absolute atomic E-state index is 0.301. The highest BCUT2D eigenvalue weighted by Gasteiger charge is 2.04. The molecule has 0 spiro atoms. The van der Waals surface area contributed by atoms with E-state index in [0.29, 0.717) is 12.2 Å². The van der Waals surface area contributed by atoms with E-state index in [2.05, 4.69) is 0 Å². The molecule has 0 radical (unpaired) electrons. The third kappa shape index (κ3) is 2.47. The molecule has 0 N–H and O–H groups in total. The Hall–Kier alpha value is -1.51. The number of ether oxygens (including phenoxy) is 2. The van der Waals surface area contributed by atoms with Crippen LogP contribution < -0.4 is 4.74 Å². The maximum absolute atomic E-state index is 11.2. The highest BCUT2D eigenvalue weighted by Crippen LogP contribution is 2.11. The van der Waals surface area contributed by atoms with Crippen LogP contribution >= 0.6 is 0 Å². The third-order valence-corrected chi connectivity index (χ3v) is 1.60. The zero-order chi connectivity index (χ0) is 9.68. The van der Waals surface area contributed by atoms with Crippen LogP contribution in [0, 0.1) is 0 Å². The molecule has 0 aliphatic heterocycles. The van der Waals surface area contributed by atoms with Gasteiger partial charge in [-0.1, -0.05) is 0 Å². The van der Waals surface area contributed by atoms with Crippen molar-refractivity contribution >= 4 is 5.97 Å². The number of esters is 1. The van der Waals surface area contributed by atoms with Crippen molar-refractivity contribution in [3.05, 3.63) is 29.8 Å². The van der Waals surface area contributed by atoms with Gasteiger partial charge in [0.1, 0.15) is 5.75 Å². The van der Waals surface area contributed by atoms with Gasteiger partial charge in [-0.15, -0.1) is 0 Å². The van der Waals surface area contributed by atoms with Gasteiger partial charge in [-0.2, -0.15) is 0 Å². The maximum Gasteiger partial charge on any atom is 0.338 e. The van der Waals surface area contributed by atoms with Gasteiger partial charge < -0.3 is 9.47 Å². The molecular weight excluding hydrogens is 170 g/mol. The SMILES string of the molecule is CCOC(=[18O])c1ccc(OC)cc1. The average molecular weight is 182 g/mol. The fourth-order valence-electron chi connectivity index (χ4n) is 0.942. The molecular formula is C10H12O3. The van der Waals surface area contributed by atoms with Crippen molar-refractivity contribution in [2.24, 2.45) is 0 Å². The van der Waals surface area contributed by atoms with E-state index in [1.165, 1.54) is 0 Å². The Bertz CT molecular complexity index is 277. The quantitative estimate of drug-likeness (QED) is 0.528. The standard InChI is InChI=1S/C10H12O3/c1-3-13-10(11)8-4-6-9(12-2)7-5-8/h4-7H,3H2,1-2H3/i11+2. The normalized spacial score (nSPS) is 9.38. The van der Waals surface area contributed by atoms with Gasteiger partial charge in [0.05, 0.1) is 19.3 Å². The van der Waals surface area contributed by atoms with Crippen LogP contribution in [-0.4, -0.2) is 19.7 Å². The first kappa shape index (κ1) is 9.58. The summed E-state index contributed by atoms with van der Waals surface area (Å²) in [6.45, 7) is 2.17. The topological polar surface area (TPSA) is 35.5 Å². The number of carbonyl (C=O) groups is 1. The number of benzene rings is 1. The van der Waals surface area contributed by atoms with E-state index < -0.39 is 0 Å². The predicted octanol–water partition coefficient (Wildman–Crippen LogP) is 1.87. The van der Waals surface area contributed by atoms with Crippen molar-refractivity contribution in [3.63, 3.8) is 0 Å². The molecule has 0 aliphatic rings. The Morgan fingerprint density at radius 1 is 1.31 bits per heavy atom. The Labute approximate surface area is 77.3 Å². The van der Waals surface area contributed by atoms with Crippen LogP contribution in [0.15, 0.2) is 24.3 Å². The zero-order valence-corrected chi connectivity index (χ0v) is 7.74. The van der Waals surface area contributed by atoms with E-state index >= 15 is 0 Å². The van der Waals surface area contributed by atoms with E-state index in [0.717, 1.165) is 5.75 Å². The molecule has 0 fully saturated rings. The number of hydrogen-bond acceptors (Lipinski definition) is 3. The lowest BCUT2D eigenvalue weighted by atomic mass is 10.2. The van der Waals surface area contributed by atoms with Gasteiger partial charge in [-0.05, 0) is 31.2 Å². The molecule has 1 rings (SSSR count). The summed E-state index contributed by atoms with van der Waals surface area (Å²) >= 11 is 0. The third-order valence-electron chi connectivity index (χ3n) is 1.60. The molecule has 3 nitrogen and oxygen atoms in total. The lowest BCUT2D eigenvalue weighted by Gasteiger charge is -2.02. The first-order valence-corrected chi connectivity index (χ1v) is 4.09. The molecule has 1 aromatic rings. The molecule has 0 aliphatic carbocycles. The van der Waals surface area contributed by atoms with Gasteiger partial charge >= 0.3 is 5.97 Å². The Morgan fingerprint density at radius 3 is 2.38 bits per heavy atom. The van der Waals surface area contributed by atoms with Gasteiger partial charge in [0.15, 0.2) is 0 Å². The second-order valence-corrected chi connectivity index (χ2v) is 2.45. The average Bonchev–Trinajstić information content (AvgIpc) is 2.18. The second-order valence-electron chi connectivity index (χ2n) is 2.45. The van der Waals surface area contributed by atoms with Crippen LogP contribution in [0.5, 0.6) is 5.75 Å². The Morgan fingerprint density at radius 2 is 1.92 bits per heavy atom. The molecule has 0 saturated carbocycles. The van der Waals surface area contributed by atoms with Crippen LogP contribution in [0.2, 0.25) is 0 Å². The minimum atomic E-state index is -0.301. The molecule has 0 atom stereocenters. The minimum Gasteiger partial charge on any atom is -0.497 e. The van der Waals surface area contributed by atoms with Crippen LogP contribution in [0.1, 0.15) is 17.3 Å². The molecule has 0 unspecified atom stereocenters. The molecule has 0 amide bonds. The van der Waals surface area contributed by atoms with Crippen LogP contribution in [0.3, 0.4) is 0 Å². The lowest BCUT2D eigenvalue weighted by Crippen LogP contribution is -2.03. The van der Waals surface area contributed by atoms with Gasteiger partial charge in [0, 0.05) is 0 Å². The monoisotopic (exact) mass is 182 g/mol. The van der Waals surface area contributed by atoms with Gasteiger partial charge in [0.2, 0.25) is 0 Å². The summed E-state index contributed by atoms with van der Waals surface area (Å²) in [6, 6.07) is 6.81.